The van der Waals surface area contributed by atoms with Crippen molar-refractivity contribution in [2.45, 2.75) is 36.1 Å². The molecule has 132 valence electrons. The lowest BCUT2D eigenvalue weighted by molar-refractivity contribution is -0.130. The summed E-state index contributed by atoms with van der Waals surface area (Å²) in [7, 11) is -3.21. The van der Waals surface area contributed by atoms with Crippen LogP contribution in [0.1, 0.15) is 30.4 Å². The topological polar surface area (TPSA) is 63.2 Å². The van der Waals surface area contributed by atoms with Gasteiger partial charge in [-0.05, 0) is 48.2 Å². The van der Waals surface area contributed by atoms with E-state index in [1.54, 1.807) is 30.3 Å². The minimum Gasteiger partial charge on any atom is -0.351 e. The average Bonchev–Trinajstić information content (AvgIpc) is 2.51. The Balaban J connectivity index is 1.71. The van der Waals surface area contributed by atoms with Crippen molar-refractivity contribution in [1.29, 1.82) is 0 Å². The fourth-order valence-electron chi connectivity index (χ4n) is 3.17. The molecular formula is C19H20ClNO3S. The van der Waals surface area contributed by atoms with Crippen molar-refractivity contribution in [3.05, 3.63) is 64.7 Å². The highest BCUT2D eigenvalue weighted by Gasteiger charge is 2.45. The summed E-state index contributed by atoms with van der Waals surface area (Å²) in [6.45, 7) is 0.366. The van der Waals surface area contributed by atoms with Crippen LogP contribution in [0.2, 0.25) is 5.02 Å². The third-order valence-corrected chi connectivity index (χ3v) is 6.19. The molecule has 1 N–H and O–H groups in total. The monoisotopic (exact) mass is 377 g/mol. The normalized spacial score (nSPS) is 16.1. The molecule has 3 rings (SSSR count). The first-order valence-corrected chi connectivity index (χ1v) is 10.4. The lowest BCUT2D eigenvalue weighted by Gasteiger charge is -2.40. The third kappa shape index (κ3) is 3.72. The summed E-state index contributed by atoms with van der Waals surface area (Å²) in [5.74, 6) is -0.00629. The predicted octanol–water partition coefficient (Wildman–Crippen LogP) is 3.48. The van der Waals surface area contributed by atoms with Crippen LogP contribution in [0.3, 0.4) is 0 Å². The molecule has 4 nitrogen and oxygen atoms in total. The molecule has 0 bridgehead atoms. The Morgan fingerprint density at radius 3 is 2.36 bits per heavy atom. The zero-order valence-electron chi connectivity index (χ0n) is 14.0. The first-order chi connectivity index (χ1) is 11.8. The SMILES string of the molecule is CS(=O)(=O)c1ccc(CNC(=O)C2(c3cccc(Cl)c3)CCC2)cc1. The van der Waals surface area contributed by atoms with Crippen LogP contribution in [0.5, 0.6) is 0 Å². The highest BCUT2D eigenvalue weighted by Crippen LogP contribution is 2.44. The van der Waals surface area contributed by atoms with Crippen LogP contribution in [-0.4, -0.2) is 20.6 Å². The van der Waals surface area contributed by atoms with Crippen LogP contribution in [0, 0.1) is 0 Å². The molecule has 1 aliphatic rings. The fourth-order valence-corrected chi connectivity index (χ4v) is 3.99. The van der Waals surface area contributed by atoms with Crippen molar-refractivity contribution >= 4 is 27.3 Å². The summed E-state index contributed by atoms with van der Waals surface area (Å²) >= 11 is 6.08. The largest absolute Gasteiger partial charge is 0.351 e. The van der Waals surface area contributed by atoms with Gasteiger partial charge in [-0.1, -0.05) is 42.3 Å². The standard InChI is InChI=1S/C19H20ClNO3S/c1-25(23,24)17-8-6-14(7-9-17)13-21-18(22)19(10-3-11-19)15-4-2-5-16(20)12-15/h2,4-9,12H,3,10-11,13H2,1H3,(H,21,22). The second-order valence-corrected chi connectivity index (χ2v) is 9.00. The summed E-state index contributed by atoms with van der Waals surface area (Å²) in [6, 6.07) is 14.1. The average molecular weight is 378 g/mol. The van der Waals surface area contributed by atoms with E-state index >= 15 is 0 Å². The minimum absolute atomic E-state index is 0.00629. The van der Waals surface area contributed by atoms with Gasteiger partial charge in [0.25, 0.3) is 0 Å². The molecule has 1 saturated carbocycles. The second kappa shape index (κ2) is 6.81. The number of hydrogen-bond acceptors (Lipinski definition) is 3. The van der Waals surface area contributed by atoms with Crippen molar-refractivity contribution in [3.63, 3.8) is 0 Å². The summed E-state index contributed by atoms with van der Waals surface area (Å²) in [4.78, 5) is 13.1. The van der Waals surface area contributed by atoms with Crippen molar-refractivity contribution in [2.75, 3.05) is 6.26 Å². The van der Waals surface area contributed by atoms with Gasteiger partial charge in [0.15, 0.2) is 9.84 Å². The summed E-state index contributed by atoms with van der Waals surface area (Å²) in [6.07, 6.45) is 3.82. The number of amides is 1. The van der Waals surface area contributed by atoms with Gasteiger partial charge in [0.2, 0.25) is 5.91 Å². The number of rotatable bonds is 5. The van der Waals surface area contributed by atoms with Crippen LogP contribution in [0.15, 0.2) is 53.4 Å². The summed E-state index contributed by atoms with van der Waals surface area (Å²) < 4.78 is 23.0. The molecule has 1 aliphatic carbocycles. The van der Waals surface area contributed by atoms with E-state index < -0.39 is 15.3 Å². The molecule has 0 spiro atoms. The lowest BCUT2D eigenvalue weighted by atomic mass is 9.64. The Kier molecular flexibility index (Phi) is 4.89. The second-order valence-electron chi connectivity index (χ2n) is 6.54. The predicted molar refractivity (Wildman–Crippen MR) is 98.4 cm³/mol. The van der Waals surface area contributed by atoms with Gasteiger partial charge >= 0.3 is 0 Å². The van der Waals surface area contributed by atoms with Crippen LogP contribution in [0.25, 0.3) is 0 Å². The molecule has 1 amide bonds. The van der Waals surface area contributed by atoms with Gasteiger partial charge < -0.3 is 5.32 Å². The Bertz CT molecular complexity index is 887. The highest BCUT2D eigenvalue weighted by molar-refractivity contribution is 7.90. The molecule has 2 aromatic carbocycles. The third-order valence-electron chi connectivity index (χ3n) is 4.82. The Morgan fingerprint density at radius 2 is 1.84 bits per heavy atom. The quantitative estimate of drug-likeness (QED) is 0.867. The number of hydrogen-bond donors (Lipinski definition) is 1. The number of nitrogens with one attached hydrogen (secondary N) is 1. The van der Waals surface area contributed by atoms with Gasteiger partial charge in [0.1, 0.15) is 0 Å². The molecule has 1 fully saturated rings. The molecule has 0 heterocycles. The number of halogens is 1. The molecular weight excluding hydrogens is 358 g/mol. The highest BCUT2D eigenvalue weighted by atomic mass is 35.5. The van der Waals surface area contributed by atoms with Gasteiger partial charge in [-0.2, -0.15) is 0 Å². The molecule has 0 radical (unpaired) electrons. The molecule has 0 aliphatic heterocycles. The van der Waals surface area contributed by atoms with E-state index in [0.29, 0.717) is 11.6 Å². The Morgan fingerprint density at radius 1 is 1.16 bits per heavy atom. The number of carbonyl (C=O) groups excluding carboxylic acids is 1. The molecule has 2 aromatic rings. The van der Waals surface area contributed by atoms with Gasteiger partial charge in [-0.3, -0.25) is 4.79 Å². The van der Waals surface area contributed by atoms with E-state index in [0.717, 1.165) is 30.4 Å². The van der Waals surface area contributed by atoms with Crippen LogP contribution in [0.4, 0.5) is 0 Å². The number of sulfone groups is 1. The molecule has 25 heavy (non-hydrogen) atoms. The first-order valence-electron chi connectivity index (χ1n) is 8.15. The Labute approximate surface area is 153 Å². The molecule has 6 heteroatoms. The molecule has 0 unspecified atom stereocenters. The smallest absolute Gasteiger partial charge is 0.230 e. The maximum Gasteiger partial charge on any atom is 0.230 e. The van der Waals surface area contributed by atoms with Crippen molar-refractivity contribution in [3.8, 4) is 0 Å². The lowest BCUT2D eigenvalue weighted by Crippen LogP contribution is -2.49. The maximum atomic E-state index is 12.8. The zero-order valence-corrected chi connectivity index (χ0v) is 15.5. The van der Waals surface area contributed by atoms with E-state index in [2.05, 4.69) is 5.32 Å². The van der Waals surface area contributed by atoms with Crippen LogP contribution < -0.4 is 5.32 Å². The fraction of sp³-hybridized carbons (Fsp3) is 0.316. The van der Waals surface area contributed by atoms with Gasteiger partial charge in [0, 0.05) is 17.8 Å². The van der Waals surface area contributed by atoms with Gasteiger partial charge in [0.05, 0.1) is 10.3 Å². The minimum atomic E-state index is -3.21. The Hall–Kier alpha value is -1.85. The van der Waals surface area contributed by atoms with Crippen molar-refractivity contribution in [2.24, 2.45) is 0 Å². The molecule has 0 saturated heterocycles. The van der Waals surface area contributed by atoms with Crippen LogP contribution >= 0.6 is 11.6 Å². The van der Waals surface area contributed by atoms with E-state index in [1.165, 1.54) is 6.26 Å². The van der Waals surface area contributed by atoms with E-state index in [4.69, 9.17) is 11.6 Å². The first kappa shape index (κ1) is 18.0. The van der Waals surface area contributed by atoms with Crippen LogP contribution in [-0.2, 0) is 26.6 Å². The van der Waals surface area contributed by atoms with Gasteiger partial charge in [-0.25, -0.2) is 8.42 Å². The van der Waals surface area contributed by atoms with E-state index in [1.807, 2.05) is 18.2 Å². The van der Waals surface area contributed by atoms with Crippen molar-refractivity contribution < 1.29 is 13.2 Å². The number of benzene rings is 2. The van der Waals surface area contributed by atoms with Crippen molar-refractivity contribution in [1.82, 2.24) is 5.32 Å². The van der Waals surface area contributed by atoms with E-state index in [-0.39, 0.29) is 10.8 Å². The zero-order chi connectivity index (χ0) is 18.1. The maximum absolute atomic E-state index is 12.8. The van der Waals surface area contributed by atoms with E-state index in [9.17, 15) is 13.2 Å². The summed E-state index contributed by atoms with van der Waals surface area (Å²) in [5, 5.41) is 3.62. The van der Waals surface area contributed by atoms with Gasteiger partial charge in [-0.15, -0.1) is 0 Å². The molecule has 0 atom stereocenters. The number of carbonyl (C=O) groups is 1. The molecule has 0 aromatic heterocycles. The summed E-state index contributed by atoms with van der Waals surface area (Å²) in [5.41, 5.74) is 1.31.